The molecule has 0 radical (unpaired) electrons. The Hall–Kier alpha value is -2.19. The molecule has 28 heavy (non-hydrogen) atoms. The maximum atomic E-state index is 13.3. The molecule has 1 N–H and O–H groups in total. The Kier molecular flexibility index (Phi) is 6.51. The molecule has 0 saturated heterocycles. The van der Waals surface area contributed by atoms with Gasteiger partial charge in [-0.15, -0.1) is 0 Å². The lowest BCUT2D eigenvalue weighted by Gasteiger charge is -2.12. The van der Waals surface area contributed by atoms with E-state index in [1.165, 1.54) is 4.57 Å². The summed E-state index contributed by atoms with van der Waals surface area (Å²) in [7, 11) is 0. The SMILES string of the molecule is CCCCn1c(=O)n(Cc2ccc(Br)cc2)c(=O)c2c1nc(CO)n2CCC. The Balaban J connectivity index is 2.27. The number of hydrogen-bond donors (Lipinski definition) is 1. The molecule has 3 aromatic rings. The number of aliphatic hydroxyl groups is 1. The number of nitrogens with zero attached hydrogens (tertiary/aromatic N) is 4. The third kappa shape index (κ3) is 3.84. The maximum Gasteiger partial charge on any atom is 0.333 e. The van der Waals surface area contributed by atoms with Gasteiger partial charge in [0.25, 0.3) is 5.56 Å². The Bertz CT molecular complexity index is 1080. The molecular weight excluding hydrogens is 424 g/mol. The minimum absolute atomic E-state index is 0.193. The molecule has 7 nitrogen and oxygen atoms in total. The van der Waals surface area contributed by atoms with E-state index in [0.29, 0.717) is 30.1 Å². The number of halogens is 1. The monoisotopic (exact) mass is 448 g/mol. The van der Waals surface area contributed by atoms with E-state index in [9.17, 15) is 14.7 Å². The van der Waals surface area contributed by atoms with E-state index in [0.717, 1.165) is 29.3 Å². The number of hydrogen-bond acceptors (Lipinski definition) is 4. The van der Waals surface area contributed by atoms with E-state index >= 15 is 0 Å². The zero-order valence-corrected chi connectivity index (χ0v) is 17.8. The number of imidazole rings is 1. The van der Waals surface area contributed by atoms with Crippen LogP contribution in [0.1, 0.15) is 44.5 Å². The molecule has 3 rings (SSSR count). The molecule has 8 heteroatoms. The first-order chi connectivity index (χ1) is 13.5. The lowest BCUT2D eigenvalue weighted by atomic mass is 10.2. The number of unbranched alkanes of at least 4 members (excludes halogenated alkanes) is 1. The summed E-state index contributed by atoms with van der Waals surface area (Å²) in [5.74, 6) is 0.417. The number of rotatable bonds is 8. The van der Waals surface area contributed by atoms with Crippen molar-refractivity contribution in [1.29, 1.82) is 0 Å². The van der Waals surface area contributed by atoms with Gasteiger partial charge in [-0.3, -0.25) is 13.9 Å². The number of aromatic nitrogens is 4. The van der Waals surface area contributed by atoms with Gasteiger partial charge in [-0.1, -0.05) is 48.3 Å². The van der Waals surface area contributed by atoms with Gasteiger partial charge >= 0.3 is 5.69 Å². The molecule has 0 aliphatic carbocycles. The standard InChI is InChI=1S/C20H25BrN4O3/c1-3-5-11-24-18-17(23(10-4-2)16(13-26)22-18)19(27)25(20(24)28)12-14-6-8-15(21)9-7-14/h6-9,26H,3-5,10-13H2,1-2H3. The second kappa shape index (κ2) is 8.87. The molecule has 0 aliphatic rings. The second-order valence-corrected chi connectivity index (χ2v) is 7.73. The van der Waals surface area contributed by atoms with Crippen LogP contribution < -0.4 is 11.2 Å². The minimum Gasteiger partial charge on any atom is -0.388 e. The number of aliphatic hydroxyl groups excluding tert-OH is 1. The molecule has 1 aromatic carbocycles. The van der Waals surface area contributed by atoms with E-state index in [1.807, 2.05) is 31.2 Å². The van der Waals surface area contributed by atoms with E-state index in [2.05, 4.69) is 27.8 Å². The van der Waals surface area contributed by atoms with Crippen molar-refractivity contribution >= 4 is 27.1 Å². The average molecular weight is 449 g/mol. The van der Waals surface area contributed by atoms with Gasteiger partial charge in [0, 0.05) is 17.6 Å². The van der Waals surface area contributed by atoms with Crippen molar-refractivity contribution in [3.05, 3.63) is 61.0 Å². The van der Waals surface area contributed by atoms with Crippen molar-refractivity contribution in [2.75, 3.05) is 0 Å². The summed E-state index contributed by atoms with van der Waals surface area (Å²) in [5, 5.41) is 9.72. The first kappa shape index (κ1) is 20.5. The maximum absolute atomic E-state index is 13.3. The highest BCUT2D eigenvalue weighted by molar-refractivity contribution is 9.10. The molecule has 0 spiro atoms. The minimum atomic E-state index is -0.365. The average Bonchev–Trinajstić information content (AvgIpc) is 3.05. The van der Waals surface area contributed by atoms with Crippen LogP contribution in [0.2, 0.25) is 0 Å². The molecule has 0 atom stereocenters. The van der Waals surface area contributed by atoms with Gasteiger partial charge in [-0.05, 0) is 30.5 Å². The summed E-state index contributed by atoms with van der Waals surface area (Å²) >= 11 is 3.40. The number of benzene rings is 1. The van der Waals surface area contributed by atoms with Gasteiger partial charge in [-0.25, -0.2) is 9.78 Å². The van der Waals surface area contributed by atoms with Gasteiger partial charge in [-0.2, -0.15) is 0 Å². The van der Waals surface area contributed by atoms with Crippen molar-refractivity contribution < 1.29 is 5.11 Å². The Labute approximate surface area is 171 Å². The highest BCUT2D eigenvalue weighted by atomic mass is 79.9. The predicted molar refractivity (Wildman–Crippen MR) is 113 cm³/mol. The third-order valence-corrected chi connectivity index (χ3v) is 5.30. The third-order valence-electron chi connectivity index (χ3n) is 4.77. The zero-order chi connectivity index (χ0) is 20.3. The van der Waals surface area contributed by atoms with Crippen LogP contribution in [0, 0.1) is 0 Å². The summed E-state index contributed by atoms with van der Waals surface area (Å²) in [6.07, 6.45) is 2.52. The summed E-state index contributed by atoms with van der Waals surface area (Å²) in [6.45, 7) is 5.02. The lowest BCUT2D eigenvalue weighted by molar-refractivity contribution is 0.265. The Morgan fingerprint density at radius 3 is 2.32 bits per heavy atom. The van der Waals surface area contributed by atoms with Gasteiger partial charge < -0.3 is 9.67 Å². The van der Waals surface area contributed by atoms with Crippen molar-refractivity contribution in [2.45, 2.75) is 59.4 Å². The van der Waals surface area contributed by atoms with Crippen molar-refractivity contribution in [3.63, 3.8) is 0 Å². The molecule has 0 saturated carbocycles. The largest absolute Gasteiger partial charge is 0.388 e. The smallest absolute Gasteiger partial charge is 0.333 e. The molecule has 0 unspecified atom stereocenters. The van der Waals surface area contributed by atoms with E-state index in [4.69, 9.17) is 0 Å². The van der Waals surface area contributed by atoms with Gasteiger partial charge in [0.2, 0.25) is 0 Å². The van der Waals surface area contributed by atoms with Crippen LogP contribution in [0.4, 0.5) is 0 Å². The summed E-state index contributed by atoms with van der Waals surface area (Å²) in [6, 6.07) is 7.55. The van der Waals surface area contributed by atoms with Gasteiger partial charge in [0.1, 0.15) is 12.4 Å². The molecule has 2 heterocycles. The van der Waals surface area contributed by atoms with Crippen LogP contribution in [-0.2, 0) is 26.2 Å². The van der Waals surface area contributed by atoms with Crippen molar-refractivity contribution in [3.8, 4) is 0 Å². The van der Waals surface area contributed by atoms with E-state index in [-0.39, 0.29) is 24.4 Å². The summed E-state index contributed by atoms with van der Waals surface area (Å²) in [4.78, 5) is 30.9. The first-order valence-electron chi connectivity index (χ1n) is 9.59. The highest BCUT2D eigenvalue weighted by Gasteiger charge is 2.21. The quantitative estimate of drug-likeness (QED) is 0.574. The number of aryl methyl sites for hydroxylation is 2. The molecule has 2 aromatic heterocycles. The van der Waals surface area contributed by atoms with Crippen molar-refractivity contribution in [1.82, 2.24) is 18.7 Å². The Morgan fingerprint density at radius 1 is 1.00 bits per heavy atom. The van der Waals surface area contributed by atoms with E-state index in [1.54, 1.807) is 9.13 Å². The lowest BCUT2D eigenvalue weighted by Crippen LogP contribution is -2.41. The van der Waals surface area contributed by atoms with Crippen LogP contribution >= 0.6 is 15.9 Å². The Morgan fingerprint density at radius 2 is 1.71 bits per heavy atom. The molecule has 0 aliphatic heterocycles. The molecule has 150 valence electrons. The highest BCUT2D eigenvalue weighted by Crippen LogP contribution is 2.15. The molecule has 0 bridgehead atoms. The fraction of sp³-hybridized carbons (Fsp3) is 0.450. The molecule has 0 amide bonds. The molecule has 0 fully saturated rings. The first-order valence-corrected chi connectivity index (χ1v) is 10.4. The van der Waals surface area contributed by atoms with Crippen LogP contribution in [0.25, 0.3) is 11.2 Å². The van der Waals surface area contributed by atoms with E-state index < -0.39 is 0 Å². The van der Waals surface area contributed by atoms with Crippen molar-refractivity contribution in [2.24, 2.45) is 0 Å². The summed E-state index contributed by atoms with van der Waals surface area (Å²) in [5.41, 5.74) is 0.898. The fourth-order valence-electron chi connectivity index (χ4n) is 3.35. The number of fused-ring (bicyclic) bond motifs is 1. The van der Waals surface area contributed by atoms with Crippen LogP contribution in [0.15, 0.2) is 38.3 Å². The van der Waals surface area contributed by atoms with Gasteiger partial charge in [0.05, 0.1) is 6.54 Å². The molecular formula is C20H25BrN4O3. The zero-order valence-electron chi connectivity index (χ0n) is 16.2. The summed E-state index contributed by atoms with van der Waals surface area (Å²) < 4.78 is 5.53. The topological polar surface area (TPSA) is 82.1 Å². The fourth-order valence-corrected chi connectivity index (χ4v) is 3.61. The van der Waals surface area contributed by atoms with Crippen LogP contribution in [0.3, 0.4) is 0 Å². The normalized spacial score (nSPS) is 11.4. The second-order valence-electron chi connectivity index (χ2n) is 6.82. The van der Waals surface area contributed by atoms with Gasteiger partial charge in [0.15, 0.2) is 11.2 Å². The van der Waals surface area contributed by atoms with Crippen LogP contribution in [0.5, 0.6) is 0 Å². The van der Waals surface area contributed by atoms with Crippen LogP contribution in [-0.4, -0.2) is 23.8 Å². The predicted octanol–water partition coefficient (Wildman–Crippen LogP) is 2.87.